The van der Waals surface area contributed by atoms with Gasteiger partial charge in [-0.2, -0.15) is 0 Å². The highest BCUT2D eigenvalue weighted by Crippen LogP contribution is 2.29. The molecule has 2 rings (SSSR count). The van der Waals surface area contributed by atoms with Gasteiger partial charge in [-0.1, -0.05) is 0 Å². The summed E-state index contributed by atoms with van der Waals surface area (Å²) in [5.74, 6) is 0.986. The number of rotatable bonds is 4. The number of aliphatic hydroxyl groups is 1. The van der Waals surface area contributed by atoms with Crippen LogP contribution in [0.15, 0.2) is 16.7 Å². The van der Waals surface area contributed by atoms with Gasteiger partial charge >= 0.3 is 0 Å². The molecule has 0 saturated heterocycles. The molecular formula is C12H17BrN2O. The molecule has 1 heterocycles. The Balaban J connectivity index is 2.20. The quantitative estimate of drug-likeness (QED) is 0.923. The highest BCUT2D eigenvalue weighted by molar-refractivity contribution is 9.10. The average molecular weight is 285 g/mol. The third-order valence-corrected chi connectivity index (χ3v) is 4.01. The van der Waals surface area contributed by atoms with E-state index >= 15 is 0 Å². The van der Waals surface area contributed by atoms with Crippen LogP contribution in [0.5, 0.6) is 0 Å². The molecule has 16 heavy (non-hydrogen) atoms. The Hall–Kier alpha value is -0.610. The first-order valence-corrected chi connectivity index (χ1v) is 6.51. The fourth-order valence-corrected chi connectivity index (χ4v) is 2.19. The van der Waals surface area contributed by atoms with Crippen LogP contribution in [0.2, 0.25) is 0 Å². The first-order chi connectivity index (χ1) is 7.72. The van der Waals surface area contributed by atoms with Crippen molar-refractivity contribution >= 4 is 21.7 Å². The number of hydrogen-bond donors (Lipinski definition) is 1. The van der Waals surface area contributed by atoms with Crippen molar-refractivity contribution in [1.82, 2.24) is 4.98 Å². The fourth-order valence-electron chi connectivity index (χ4n) is 1.97. The van der Waals surface area contributed by atoms with Crippen molar-refractivity contribution in [1.29, 1.82) is 0 Å². The lowest BCUT2D eigenvalue weighted by atomic mass is 9.91. The molecule has 1 saturated carbocycles. The van der Waals surface area contributed by atoms with Gasteiger partial charge in [-0.3, -0.25) is 0 Å². The van der Waals surface area contributed by atoms with Crippen LogP contribution in [0.25, 0.3) is 0 Å². The zero-order chi connectivity index (χ0) is 11.5. The lowest BCUT2D eigenvalue weighted by Gasteiger charge is -2.38. The van der Waals surface area contributed by atoms with Crippen molar-refractivity contribution in [2.75, 3.05) is 18.1 Å². The van der Waals surface area contributed by atoms with E-state index in [2.05, 4.69) is 38.8 Å². The summed E-state index contributed by atoms with van der Waals surface area (Å²) in [6, 6.07) is 2.65. The van der Waals surface area contributed by atoms with E-state index in [-0.39, 0.29) is 6.61 Å². The topological polar surface area (TPSA) is 36.4 Å². The van der Waals surface area contributed by atoms with Crippen molar-refractivity contribution in [2.45, 2.75) is 32.2 Å². The monoisotopic (exact) mass is 284 g/mol. The minimum atomic E-state index is 0.188. The molecule has 0 spiro atoms. The molecule has 0 bridgehead atoms. The van der Waals surface area contributed by atoms with Crippen LogP contribution in [0.3, 0.4) is 0 Å². The van der Waals surface area contributed by atoms with Gasteiger partial charge in [-0.05, 0) is 53.7 Å². The summed E-state index contributed by atoms with van der Waals surface area (Å²) in [5.41, 5.74) is 1.19. The Bertz CT molecular complexity index is 366. The van der Waals surface area contributed by atoms with Gasteiger partial charge in [0.1, 0.15) is 5.82 Å². The molecule has 4 heteroatoms. The smallest absolute Gasteiger partial charge is 0.129 e. The summed E-state index contributed by atoms with van der Waals surface area (Å²) < 4.78 is 1.04. The van der Waals surface area contributed by atoms with E-state index in [4.69, 9.17) is 5.11 Å². The molecule has 1 N–H and O–H groups in total. The molecule has 1 fully saturated rings. The maximum atomic E-state index is 9.11. The Morgan fingerprint density at radius 3 is 2.81 bits per heavy atom. The molecule has 0 amide bonds. The van der Waals surface area contributed by atoms with Gasteiger partial charge in [-0.25, -0.2) is 4.98 Å². The van der Waals surface area contributed by atoms with Gasteiger partial charge < -0.3 is 10.0 Å². The third kappa shape index (κ3) is 2.38. The second-order valence-corrected chi connectivity index (χ2v) is 5.15. The van der Waals surface area contributed by atoms with E-state index in [0.717, 1.165) is 10.3 Å². The standard InChI is InChI=1S/C12H17BrN2O/c1-9-7-12(14-8-11(9)13)15(5-6-16)10-3-2-4-10/h7-8,10,16H,2-6H2,1H3. The maximum Gasteiger partial charge on any atom is 0.129 e. The van der Waals surface area contributed by atoms with Gasteiger partial charge in [0.25, 0.3) is 0 Å². The van der Waals surface area contributed by atoms with E-state index in [0.29, 0.717) is 12.6 Å². The third-order valence-electron chi connectivity index (χ3n) is 3.18. The number of pyridine rings is 1. The fraction of sp³-hybridized carbons (Fsp3) is 0.583. The number of hydrogen-bond acceptors (Lipinski definition) is 3. The average Bonchev–Trinajstić information content (AvgIpc) is 2.19. The van der Waals surface area contributed by atoms with Crippen LogP contribution in [0.4, 0.5) is 5.82 Å². The van der Waals surface area contributed by atoms with Crippen molar-refractivity contribution in [3.63, 3.8) is 0 Å². The van der Waals surface area contributed by atoms with Gasteiger partial charge in [0.2, 0.25) is 0 Å². The molecule has 1 aliphatic carbocycles. The molecular weight excluding hydrogens is 268 g/mol. The number of aryl methyl sites for hydroxylation is 1. The largest absolute Gasteiger partial charge is 0.395 e. The van der Waals surface area contributed by atoms with Crippen LogP contribution in [-0.2, 0) is 0 Å². The van der Waals surface area contributed by atoms with E-state index in [1.54, 1.807) is 0 Å². The first kappa shape index (κ1) is 11.9. The Labute approximate surface area is 105 Å². The van der Waals surface area contributed by atoms with Gasteiger partial charge in [-0.15, -0.1) is 0 Å². The molecule has 0 atom stereocenters. The predicted molar refractivity (Wildman–Crippen MR) is 68.7 cm³/mol. The number of nitrogens with zero attached hydrogens (tertiary/aromatic N) is 2. The minimum Gasteiger partial charge on any atom is -0.395 e. The normalized spacial score (nSPS) is 15.9. The molecule has 0 radical (unpaired) electrons. The zero-order valence-electron chi connectivity index (χ0n) is 9.49. The van der Waals surface area contributed by atoms with Crippen molar-refractivity contribution in [3.8, 4) is 0 Å². The number of aliphatic hydroxyl groups excluding tert-OH is 1. The maximum absolute atomic E-state index is 9.11. The van der Waals surface area contributed by atoms with Crippen LogP contribution in [0.1, 0.15) is 24.8 Å². The molecule has 1 aromatic heterocycles. The minimum absolute atomic E-state index is 0.188. The Morgan fingerprint density at radius 2 is 2.31 bits per heavy atom. The summed E-state index contributed by atoms with van der Waals surface area (Å²) >= 11 is 3.46. The number of aromatic nitrogens is 1. The van der Waals surface area contributed by atoms with E-state index in [1.807, 2.05) is 6.20 Å². The lowest BCUT2D eigenvalue weighted by Crippen LogP contribution is -2.42. The molecule has 88 valence electrons. The van der Waals surface area contributed by atoms with Gasteiger partial charge in [0.15, 0.2) is 0 Å². The van der Waals surface area contributed by atoms with E-state index in [1.165, 1.54) is 24.8 Å². The highest BCUT2D eigenvalue weighted by atomic mass is 79.9. The molecule has 1 aromatic rings. The summed E-state index contributed by atoms with van der Waals surface area (Å²) in [5, 5.41) is 9.11. The second-order valence-electron chi connectivity index (χ2n) is 4.29. The van der Waals surface area contributed by atoms with Crippen LogP contribution in [-0.4, -0.2) is 29.3 Å². The molecule has 3 nitrogen and oxygen atoms in total. The van der Waals surface area contributed by atoms with E-state index < -0.39 is 0 Å². The summed E-state index contributed by atoms with van der Waals surface area (Å²) in [6.07, 6.45) is 5.57. The predicted octanol–water partition coefficient (Wildman–Crippen LogP) is 2.50. The molecule has 1 aliphatic rings. The first-order valence-electron chi connectivity index (χ1n) is 5.72. The van der Waals surface area contributed by atoms with Crippen LogP contribution < -0.4 is 4.90 Å². The highest BCUT2D eigenvalue weighted by Gasteiger charge is 2.25. The lowest BCUT2D eigenvalue weighted by molar-refractivity contribution is 0.283. The second kappa shape index (κ2) is 5.15. The number of anilines is 1. The summed E-state index contributed by atoms with van der Waals surface area (Å²) in [7, 11) is 0. The molecule has 0 aliphatic heterocycles. The van der Waals surface area contributed by atoms with E-state index in [9.17, 15) is 0 Å². The Kier molecular flexibility index (Phi) is 3.82. The number of halogens is 1. The Morgan fingerprint density at radius 1 is 1.56 bits per heavy atom. The van der Waals surface area contributed by atoms with Crippen LogP contribution in [0, 0.1) is 6.92 Å². The van der Waals surface area contributed by atoms with Crippen LogP contribution >= 0.6 is 15.9 Å². The summed E-state index contributed by atoms with van der Waals surface area (Å²) in [4.78, 5) is 6.65. The van der Waals surface area contributed by atoms with Crippen molar-refractivity contribution in [2.24, 2.45) is 0 Å². The summed E-state index contributed by atoms with van der Waals surface area (Å²) in [6.45, 7) is 2.93. The van der Waals surface area contributed by atoms with Gasteiger partial charge in [0, 0.05) is 23.3 Å². The van der Waals surface area contributed by atoms with Crippen molar-refractivity contribution in [3.05, 3.63) is 22.3 Å². The SMILES string of the molecule is Cc1cc(N(CCO)C2CCC2)ncc1Br. The molecule has 0 aromatic carbocycles. The molecule has 0 unspecified atom stereocenters. The zero-order valence-corrected chi connectivity index (χ0v) is 11.1. The van der Waals surface area contributed by atoms with Crippen molar-refractivity contribution < 1.29 is 5.11 Å². The van der Waals surface area contributed by atoms with Gasteiger partial charge in [0.05, 0.1) is 6.61 Å².